The zero-order chi connectivity index (χ0) is 22.0. The highest BCUT2D eigenvalue weighted by Gasteiger charge is 2.26. The van der Waals surface area contributed by atoms with E-state index in [4.69, 9.17) is 4.74 Å². The minimum atomic E-state index is -1.16. The van der Waals surface area contributed by atoms with Crippen LogP contribution in [0.15, 0.2) is 42.5 Å². The van der Waals surface area contributed by atoms with Crippen LogP contribution in [0.2, 0.25) is 0 Å². The maximum absolute atomic E-state index is 12.9. The summed E-state index contributed by atoms with van der Waals surface area (Å²) in [6.07, 6.45) is -1.16. The number of carbonyl (C=O) groups excluding carboxylic acids is 3. The third-order valence-corrected chi connectivity index (χ3v) is 4.58. The average molecular weight is 410 g/mol. The number of esters is 2. The van der Waals surface area contributed by atoms with Gasteiger partial charge in [-0.15, -0.1) is 0 Å². The van der Waals surface area contributed by atoms with Crippen molar-refractivity contribution in [2.24, 2.45) is 0 Å². The molecular weight excluding hydrogens is 392 g/mol. The number of ketones is 1. The number of aromatic nitrogens is 1. The molecule has 0 bridgehead atoms. The van der Waals surface area contributed by atoms with Gasteiger partial charge in [-0.2, -0.15) is 0 Å². The van der Waals surface area contributed by atoms with Crippen LogP contribution < -0.4 is 0 Å². The van der Waals surface area contributed by atoms with Crippen molar-refractivity contribution in [2.75, 3.05) is 7.11 Å². The fraction of sp³-hybridized carbons (Fsp3) is 0.190. The Hall–Kier alpha value is -4.01. The highest BCUT2D eigenvalue weighted by molar-refractivity contribution is 6.11. The van der Waals surface area contributed by atoms with Gasteiger partial charge in [-0.1, -0.05) is 18.2 Å². The number of carbonyl (C=O) groups is 3. The van der Waals surface area contributed by atoms with E-state index in [0.29, 0.717) is 16.6 Å². The predicted molar refractivity (Wildman–Crippen MR) is 107 cm³/mol. The number of H-pyrrole nitrogens is 1. The molecule has 9 nitrogen and oxygen atoms in total. The number of non-ortho nitro benzene ring substituents is 1. The summed E-state index contributed by atoms with van der Waals surface area (Å²) in [5.74, 6) is -2.23. The lowest BCUT2D eigenvalue weighted by atomic mass is 10.0. The zero-order valence-electron chi connectivity index (χ0n) is 16.4. The van der Waals surface area contributed by atoms with Gasteiger partial charge in [0.2, 0.25) is 5.78 Å². The van der Waals surface area contributed by atoms with Gasteiger partial charge >= 0.3 is 11.9 Å². The van der Waals surface area contributed by atoms with E-state index >= 15 is 0 Å². The van der Waals surface area contributed by atoms with E-state index in [1.165, 1.54) is 6.92 Å². The summed E-state index contributed by atoms with van der Waals surface area (Å²) in [5, 5.41) is 11.8. The minimum Gasteiger partial charge on any atom is -0.465 e. The van der Waals surface area contributed by atoms with Crippen LogP contribution in [-0.4, -0.2) is 40.8 Å². The van der Waals surface area contributed by atoms with Crippen molar-refractivity contribution in [2.45, 2.75) is 20.0 Å². The van der Waals surface area contributed by atoms with Crippen LogP contribution in [0.1, 0.15) is 43.7 Å². The lowest BCUT2D eigenvalue weighted by Gasteiger charge is -2.13. The van der Waals surface area contributed by atoms with Crippen LogP contribution in [0.25, 0.3) is 10.9 Å². The Morgan fingerprint density at radius 1 is 1.07 bits per heavy atom. The second-order valence-corrected chi connectivity index (χ2v) is 6.60. The first-order valence-corrected chi connectivity index (χ1v) is 8.93. The van der Waals surface area contributed by atoms with Crippen molar-refractivity contribution < 1.29 is 28.8 Å². The van der Waals surface area contributed by atoms with Crippen LogP contribution in [0.4, 0.5) is 5.69 Å². The van der Waals surface area contributed by atoms with E-state index in [1.807, 2.05) is 12.1 Å². The molecule has 154 valence electrons. The number of nitrogens with zero attached hydrogens (tertiary/aromatic N) is 1. The van der Waals surface area contributed by atoms with Gasteiger partial charge in [-0.05, 0) is 26.0 Å². The van der Waals surface area contributed by atoms with Crippen LogP contribution in [-0.2, 0) is 9.47 Å². The molecule has 2 aromatic carbocycles. The molecule has 1 N–H and O–H groups in total. The number of nitro groups is 1. The fourth-order valence-corrected chi connectivity index (χ4v) is 3.15. The quantitative estimate of drug-likeness (QED) is 0.284. The number of Topliss-reactive ketones (excluding diaryl/α,β-unsaturated/α-hetero) is 1. The lowest BCUT2D eigenvalue weighted by molar-refractivity contribution is -0.384. The minimum absolute atomic E-state index is 0.176. The molecule has 0 aliphatic heterocycles. The molecule has 1 atom stereocenters. The third kappa shape index (κ3) is 3.90. The Balaban J connectivity index is 1.89. The molecule has 0 spiro atoms. The van der Waals surface area contributed by atoms with Crippen molar-refractivity contribution in [1.29, 1.82) is 0 Å². The van der Waals surface area contributed by atoms with Crippen molar-refractivity contribution in [1.82, 2.24) is 4.98 Å². The summed E-state index contributed by atoms with van der Waals surface area (Å²) in [7, 11) is 1.11. The highest BCUT2D eigenvalue weighted by atomic mass is 16.6. The van der Waals surface area contributed by atoms with Gasteiger partial charge < -0.3 is 14.5 Å². The van der Waals surface area contributed by atoms with Gasteiger partial charge in [0.15, 0.2) is 6.10 Å². The lowest BCUT2D eigenvalue weighted by Crippen LogP contribution is -2.25. The number of para-hydroxylation sites is 1. The van der Waals surface area contributed by atoms with Gasteiger partial charge in [0.1, 0.15) is 0 Å². The molecule has 9 heteroatoms. The van der Waals surface area contributed by atoms with Gasteiger partial charge in [0.05, 0.1) is 23.2 Å². The standard InChI is InChI=1S/C21H18N2O7/c1-11-18(16-6-4-5-7-17(16)22-11)19(24)12(2)30-21(26)14-8-13(20(25)29-3)9-15(10-14)23(27)28/h4-10,12,22H,1-3H3/t12-/m0/s1. The second kappa shape index (κ2) is 8.16. The number of rotatable bonds is 6. The number of benzene rings is 2. The van der Waals surface area contributed by atoms with Crippen molar-refractivity contribution in [3.05, 3.63) is 75.0 Å². The first-order chi connectivity index (χ1) is 14.2. The zero-order valence-corrected chi connectivity index (χ0v) is 16.4. The van der Waals surface area contributed by atoms with Gasteiger partial charge in [-0.3, -0.25) is 14.9 Å². The molecule has 3 aromatic rings. The van der Waals surface area contributed by atoms with Crippen LogP contribution >= 0.6 is 0 Å². The number of methoxy groups -OCH3 is 1. The third-order valence-electron chi connectivity index (χ3n) is 4.58. The molecule has 0 aliphatic carbocycles. The molecule has 1 aromatic heterocycles. The largest absolute Gasteiger partial charge is 0.465 e. The Morgan fingerprint density at radius 3 is 2.33 bits per heavy atom. The Labute approximate surface area is 170 Å². The maximum atomic E-state index is 12.9. The number of aryl methyl sites for hydroxylation is 1. The average Bonchev–Trinajstić information content (AvgIpc) is 3.07. The smallest absolute Gasteiger partial charge is 0.339 e. The summed E-state index contributed by atoms with van der Waals surface area (Å²) in [6.45, 7) is 3.16. The molecule has 0 amide bonds. The van der Waals surface area contributed by atoms with Crippen molar-refractivity contribution in [3.8, 4) is 0 Å². The molecule has 0 unspecified atom stereocenters. The summed E-state index contributed by atoms with van der Waals surface area (Å²) in [6, 6.07) is 10.3. The van der Waals surface area contributed by atoms with Gasteiger partial charge in [-0.25, -0.2) is 9.59 Å². The van der Waals surface area contributed by atoms with Crippen molar-refractivity contribution in [3.63, 3.8) is 0 Å². The first kappa shape index (κ1) is 20.7. The van der Waals surface area contributed by atoms with E-state index in [2.05, 4.69) is 9.72 Å². The summed E-state index contributed by atoms with van der Waals surface area (Å²) in [4.78, 5) is 50.7. The molecule has 1 heterocycles. The molecule has 30 heavy (non-hydrogen) atoms. The summed E-state index contributed by atoms with van der Waals surface area (Å²) >= 11 is 0. The number of aromatic amines is 1. The Kier molecular flexibility index (Phi) is 5.63. The topological polar surface area (TPSA) is 129 Å². The summed E-state index contributed by atoms with van der Waals surface area (Å²) < 4.78 is 9.81. The van der Waals surface area contributed by atoms with E-state index < -0.39 is 34.4 Å². The molecule has 0 radical (unpaired) electrons. The number of fused-ring (bicyclic) bond motifs is 1. The van der Waals surface area contributed by atoms with E-state index in [-0.39, 0.29) is 11.1 Å². The highest BCUT2D eigenvalue weighted by Crippen LogP contribution is 2.25. The molecule has 0 aliphatic rings. The number of hydrogen-bond donors (Lipinski definition) is 1. The van der Waals surface area contributed by atoms with Crippen LogP contribution in [0.5, 0.6) is 0 Å². The number of ether oxygens (including phenoxy) is 2. The maximum Gasteiger partial charge on any atom is 0.339 e. The first-order valence-electron chi connectivity index (χ1n) is 8.93. The van der Waals surface area contributed by atoms with Gasteiger partial charge in [0.25, 0.3) is 5.69 Å². The molecule has 0 saturated heterocycles. The van der Waals surface area contributed by atoms with Crippen LogP contribution in [0.3, 0.4) is 0 Å². The Morgan fingerprint density at radius 2 is 1.70 bits per heavy atom. The van der Waals surface area contributed by atoms with E-state index in [9.17, 15) is 24.5 Å². The summed E-state index contributed by atoms with van der Waals surface area (Å²) in [5.41, 5.74) is 0.923. The molecular formula is C21H18N2O7. The van der Waals surface area contributed by atoms with E-state index in [0.717, 1.165) is 30.8 Å². The van der Waals surface area contributed by atoms with E-state index in [1.54, 1.807) is 19.1 Å². The van der Waals surface area contributed by atoms with Gasteiger partial charge in [0, 0.05) is 34.3 Å². The Bertz CT molecular complexity index is 1180. The SMILES string of the molecule is COC(=O)c1cc(C(=O)O[C@@H](C)C(=O)c2c(C)[nH]c3ccccc23)cc([N+](=O)[O-])c1. The fourth-order valence-electron chi connectivity index (χ4n) is 3.15. The number of hydrogen-bond acceptors (Lipinski definition) is 7. The van der Waals surface area contributed by atoms with Crippen molar-refractivity contribution >= 4 is 34.3 Å². The molecule has 0 fully saturated rings. The van der Waals surface area contributed by atoms with Crippen LogP contribution in [0, 0.1) is 17.0 Å². The number of nitro benzene ring substituents is 1. The second-order valence-electron chi connectivity index (χ2n) is 6.60. The number of nitrogens with one attached hydrogen (secondary N) is 1. The molecule has 3 rings (SSSR count). The molecule has 0 saturated carbocycles. The normalized spacial score (nSPS) is 11.7. The monoisotopic (exact) mass is 410 g/mol. The predicted octanol–water partition coefficient (Wildman–Crippen LogP) is 3.60.